The molecule has 3 aromatic rings. The van der Waals surface area contributed by atoms with Crippen LogP contribution in [-0.4, -0.2) is 5.91 Å². The van der Waals surface area contributed by atoms with Crippen LogP contribution in [0.25, 0.3) is 11.3 Å². The first kappa shape index (κ1) is 15.1. The van der Waals surface area contributed by atoms with Gasteiger partial charge in [-0.3, -0.25) is 4.79 Å². The van der Waals surface area contributed by atoms with Crippen LogP contribution in [0.1, 0.15) is 27.2 Å². The van der Waals surface area contributed by atoms with E-state index in [1.807, 2.05) is 43.3 Å². The zero-order valence-corrected chi connectivity index (χ0v) is 13.5. The largest absolute Gasteiger partial charge is 0.451 e. The van der Waals surface area contributed by atoms with Crippen LogP contribution < -0.4 is 5.32 Å². The molecule has 0 bridgehead atoms. The van der Waals surface area contributed by atoms with Gasteiger partial charge in [0.25, 0.3) is 5.91 Å². The number of nitrogens with one attached hydrogen (secondary N) is 1. The fourth-order valence-corrected chi connectivity index (χ4v) is 2.43. The van der Waals surface area contributed by atoms with Crippen molar-refractivity contribution in [3.8, 4) is 11.3 Å². The van der Waals surface area contributed by atoms with Gasteiger partial charge < -0.3 is 9.73 Å². The first-order valence-electron chi connectivity index (χ1n) is 7.58. The average molecular weight is 305 g/mol. The number of carbonyl (C=O) groups is 1. The summed E-state index contributed by atoms with van der Waals surface area (Å²) in [6, 6.07) is 17.3. The topological polar surface area (TPSA) is 42.2 Å². The molecule has 1 amide bonds. The number of benzene rings is 2. The zero-order valence-electron chi connectivity index (χ0n) is 13.5. The molecule has 1 aromatic heterocycles. The third-order valence-corrected chi connectivity index (χ3v) is 3.90. The van der Waals surface area contributed by atoms with Crippen molar-refractivity contribution in [1.29, 1.82) is 0 Å². The Morgan fingerprint density at radius 2 is 1.74 bits per heavy atom. The van der Waals surface area contributed by atoms with Crippen LogP contribution in [0.2, 0.25) is 0 Å². The predicted molar refractivity (Wildman–Crippen MR) is 92.8 cm³/mol. The predicted octanol–water partition coefficient (Wildman–Crippen LogP) is 5.12. The van der Waals surface area contributed by atoms with Crippen molar-refractivity contribution < 1.29 is 9.21 Å². The number of anilines is 1. The van der Waals surface area contributed by atoms with Crippen LogP contribution in [0.15, 0.2) is 59.0 Å². The summed E-state index contributed by atoms with van der Waals surface area (Å²) in [6.45, 7) is 6.12. The lowest BCUT2D eigenvalue weighted by Gasteiger charge is -2.04. The van der Waals surface area contributed by atoms with Crippen molar-refractivity contribution in [2.75, 3.05) is 5.32 Å². The summed E-state index contributed by atoms with van der Waals surface area (Å²) in [6.07, 6.45) is 0. The summed E-state index contributed by atoms with van der Waals surface area (Å²) < 4.78 is 5.72. The Kier molecular flexibility index (Phi) is 4.02. The molecule has 0 spiro atoms. The summed E-state index contributed by atoms with van der Waals surface area (Å²) in [5.41, 5.74) is 5.27. The van der Waals surface area contributed by atoms with E-state index in [2.05, 4.69) is 31.3 Å². The minimum atomic E-state index is -0.245. The van der Waals surface area contributed by atoms with E-state index in [0.717, 1.165) is 16.8 Å². The summed E-state index contributed by atoms with van der Waals surface area (Å²) in [5, 5.41) is 2.85. The Hall–Kier alpha value is -2.81. The highest BCUT2D eigenvalue weighted by atomic mass is 16.3. The van der Waals surface area contributed by atoms with Gasteiger partial charge in [0.15, 0.2) is 5.76 Å². The minimum Gasteiger partial charge on any atom is -0.451 e. The van der Waals surface area contributed by atoms with Crippen LogP contribution in [-0.2, 0) is 0 Å². The van der Waals surface area contributed by atoms with Crippen LogP contribution in [0, 0.1) is 20.8 Å². The molecule has 1 N–H and O–H groups in total. The SMILES string of the molecule is Cc1cccc(NC(=O)c2ccc(-c3ccc(C)c(C)c3)o2)c1. The van der Waals surface area contributed by atoms with Crippen molar-refractivity contribution in [1.82, 2.24) is 0 Å². The van der Waals surface area contributed by atoms with E-state index in [0.29, 0.717) is 11.5 Å². The van der Waals surface area contributed by atoms with Gasteiger partial charge in [-0.2, -0.15) is 0 Å². The van der Waals surface area contributed by atoms with E-state index >= 15 is 0 Å². The van der Waals surface area contributed by atoms with E-state index < -0.39 is 0 Å². The minimum absolute atomic E-state index is 0.245. The quantitative estimate of drug-likeness (QED) is 0.729. The van der Waals surface area contributed by atoms with Crippen molar-refractivity contribution in [3.05, 3.63) is 77.0 Å². The molecule has 0 aliphatic rings. The van der Waals surface area contributed by atoms with E-state index in [4.69, 9.17) is 4.42 Å². The highest BCUT2D eigenvalue weighted by Crippen LogP contribution is 2.25. The van der Waals surface area contributed by atoms with E-state index in [1.165, 1.54) is 11.1 Å². The second kappa shape index (κ2) is 6.13. The van der Waals surface area contributed by atoms with Crippen LogP contribution in [0.5, 0.6) is 0 Å². The number of rotatable bonds is 3. The van der Waals surface area contributed by atoms with Gasteiger partial charge in [0.1, 0.15) is 5.76 Å². The molecule has 0 aliphatic carbocycles. The van der Waals surface area contributed by atoms with Crippen LogP contribution in [0.4, 0.5) is 5.69 Å². The number of hydrogen-bond donors (Lipinski definition) is 1. The highest BCUT2D eigenvalue weighted by Gasteiger charge is 2.13. The van der Waals surface area contributed by atoms with Gasteiger partial charge in [-0.15, -0.1) is 0 Å². The molecule has 3 rings (SSSR count). The lowest BCUT2D eigenvalue weighted by Crippen LogP contribution is -2.10. The molecular formula is C20H19NO2. The van der Waals surface area contributed by atoms with Crippen molar-refractivity contribution in [2.45, 2.75) is 20.8 Å². The van der Waals surface area contributed by atoms with Gasteiger partial charge in [0, 0.05) is 11.3 Å². The Morgan fingerprint density at radius 1 is 0.913 bits per heavy atom. The van der Waals surface area contributed by atoms with E-state index in [1.54, 1.807) is 6.07 Å². The second-order valence-electron chi connectivity index (χ2n) is 5.79. The van der Waals surface area contributed by atoms with Gasteiger partial charge in [-0.25, -0.2) is 0 Å². The van der Waals surface area contributed by atoms with Gasteiger partial charge in [0.2, 0.25) is 0 Å². The summed E-state index contributed by atoms with van der Waals surface area (Å²) >= 11 is 0. The number of amides is 1. The molecule has 0 radical (unpaired) electrons. The Bertz CT molecular complexity index is 862. The molecule has 23 heavy (non-hydrogen) atoms. The van der Waals surface area contributed by atoms with Crippen molar-refractivity contribution in [3.63, 3.8) is 0 Å². The average Bonchev–Trinajstić information content (AvgIpc) is 3.00. The Labute approximate surface area is 136 Å². The Morgan fingerprint density at radius 3 is 2.48 bits per heavy atom. The molecule has 0 fully saturated rings. The monoisotopic (exact) mass is 305 g/mol. The van der Waals surface area contributed by atoms with E-state index in [-0.39, 0.29) is 5.91 Å². The molecule has 3 nitrogen and oxygen atoms in total. The van der Waals surface area contributed by atoms with Crippen LogP contribution in [0.3, 0.4) is 0 Å². The summed E-state index contributed by atoms with van der Waals surface area (Å²) in [5.74, 6) is 0.757. The number of aryl methyl sites for hydroxylation is 3. The molecule has 116 valence electrons. The summed E-state index contributed by atoms with van der Waals surface area (Å²) in [4.78, 5) is 12.3. The first-order chi connectivity index (χ1) is 11.0. The maximum Gasteiger partial charge on any atom is 0.291 e. The molecular weight excluding hydrogens is 286 g/mol. The maximum atomic E-state index is 12.3. The van der Waals surface area contributed by atoms with E-state index in [9.17, 15) is 4.79 Å². The van der Waals surface area contributed by atoms with Crippen molar-refractivity contribution >= 4 is 11.6 Å². The molecule has 0 saturated carbocycles. The molecule has 0 aliphatic heterocycles. The zero-order chi connectivity index (χ0) is 16.4. The second-order valence-corrected chi connectivity index (χ2v) is 5.79. The highest BCUT2D eigenvalue weighted by molar-refractivity contribution is 6.02. The number of furan rings is 1. The number of carbonyl (C=O) groups excluding carboxylic acids is 1. The standard InChI is InChI=1S/C20H19NO2/c1-13-5-4-6-17(11-13)21-20(22)19-10-9-18(23-19)16-8-7-14(2)15(3)12-16/h4-12H,1-3H3,(H,21,22). The molecule has 0 saturated heterocycles. The van der Waals surface area contributed by atoms with Gasteiger partial charge in [-0.05, 0) is 67.8 Å². The molecule has 0 atom stereocenters. The fraction of sp³-hybridized carbons (Fsp3) is 0.150. The van der Waals surface area contributed by atoms with Gasteiger partial charge >= 0.3 is 0 Å². The van der Waals surface area contributed by atoms with Gasteiger partial charge in [-0.1, -0.05) is 24.3 Å². The third-order valence-electron chi connectivity index (χ3n) is 3.90. The van der Waals surface area contributed by atoms with Crippen molar-refractivity contribution in [2.24, 2.45) is 0 Å². The third kappa shape index (κ3) is 3.34. The first-order valence-corrected chi connectivity index (χ1v) is 7.58. The molecule has 2 aromatic carbocycles. The van der Waals surface area contributed by atoms with Crippen LogP contribution >= 0.6 is 0 Å². The normalized spacial score (nSPS) is 10.6. The lowest BCUT2D eigenvalue weighted by molar-refractivity contribution is 0.0997. The molecule has 3 heteroatoms. The molecule has 0 unspecified atom stereocenters. The lowest BCUT2D eigenvalue weighted by atomic mass is 10.1. The fourth-order valence-electron chi connectivity index (χ4n) is 2.43. The summed E-state index contributed by atoms with van der Waals surface area (Å²) in [7, 11) is 0. The maximum absolute atomic E-state index is 12.3. The number of hydrogen-bond acceptors (Lipinski definition) is 2. The van der Waals surface area contributed by atoms with Gasteiger partial charge in [0.05, 0.1) is 0 Å². The molecule has 1 heterocycles. The Balaban J connectivity index is 1.81. The smallest absolute Gasteiger partial charge is 0.291 e.